The summed E-state index contributed by atoms with van der Waals surface area (Å²) in [6, 6.07) is 42.2. The number of nitrogens with zero attached hydrogens (tertiary/aromatic N) is 7. The molecular formula is C35H25N7O. The number of aliphatic imine (C=N–C) groups is 1. The van der Waals surface area contributed by atoms with Crippen LogP contribution in [-0.4, -0.2) is 36.1 Å². The number of aromatic nitrogens is 6. The maximum absolute atomic E-state index is 11.2. The van der Waals surface area contributed by atoms with Gasteiger partial charge in [0.15, 0.2) is 5.54 Å². The lowest BCUT2D eigenvalue weighted by molar-refractivity contribution is 0.396. The molecule has 2 aromatic heterocycles. The monoisotopic (exact) mass is 559 g/mol. The van der Waals surface area contributed by atoms with Crippen molar-refractivity contribution in [1.29, 1.82) is 0 Å². The molecule has 8 heteroatoms. The minimum atomic E-state index is -0.914. The van der Waals surface area contributed by atoms with Crippen LogP contribution in [-0.2, 0) is 17.4 Å². The molecule has 0 fully saturated rings. The maximum atomic E-state index is 11.2. The molecule has 0 spiro atoms. The Morgan fingerprint density at radius 2 is 1.35 bits per heavy atom. The first-order chi connectivity index (χ1) is 21.2. The van der Waals surface area contributed by atoms with E-state index in [-0.39, 0.29) is 0 Å². The van der Waals surface area contributed by atoms with E-state index in [9.17, 15) is 4.79 Å². The van der Waals surface area contributed by atoms with E-state index in [0.717, 1.165) is 38.7 Å². The first kappa shape index (κ1) is 26.0. The summed E-state index contributed by atoms with van der Waals surface area (Å²) in [5.41, 5.74) is 6.03. The first-order valence-electron chi connectivity index (χ1n) is 13.8. The summed E-state index contributed by atoms with van der Waals surface area (Å²) in [6.45, 7) is 0. The number of hydrogen-bond acceptors (Lipinski definition) is 6. The topological polar surface area (TPSA) is 90.9 Å². The maximum Gasteiger partial charge on any atom is 0.240 e. The van der Waals surface area contributed by atoms with Crippen molar-refractivity contribution < 1.29 is 4.79 Å². The SMILES string of the molecule is Cn1ncc2cc(-c3ccc(N=C=O)cc3-c3nnn(C(c4ccccc4)(c4ccccc4)c4ccccc4)n3)ccc21. The minimum absolute atomic E-state index is 0.399. The number of isocyanates is 1. The summed E-state index contributed by atoms with van der Waals surface area (Å²) in [7, 11) is 1.92. The summed E-state index contributed by atoms with van der Waals surface area (Å²) in [5.74, 6) is 0.399. The molecule has 0 bridgehead atoms. The summed E-state index contributed by atoms with van der Waals surface area (Å²) >= 11 is 0. The van der Waals surface area contributed by atoms with Gasteiger partial charge in [0.05, 0.1) is 17.4 Å². The fraction of sp³-hybridized carbons (Fsp3) is 0.0571. The first-order valence-corrected chi connectivity index (χ1v) is 13.8. The molecular weight excluding hydrogens is 534 g/mol. The minimum Gasteiger partial charge on any atom is -0.268 e. The van der Waals surface area contributed by atoms with Crippen LogP contribution in [0.2, 0.25) is 0 Å². The lowest BCUT2D eigenvalue weighted by Gasteiger charge is -2.34. The van der Waals surface area contributed by atoms with Crippen LogP contribution >= 0.6 is 0 Å². The van der Waals surface area contributed by atoms with E-state index in [0.29, 0.717) is 17.1 Å². The van der Waals surface area contributed by atoms with Gasteiger partial charge in [-0.2, -0.15) is 10.1 Å². The molecule has 0 unspecified atom stereocenters. The normalized spacial score (nSPS) is 11.4. The van der Waals surface area contributed by atoms with Gasteiger partial charge in [0, 0.05) is 18.0 Å². The van der Waals surface area contributed by atoms with Crippen LogP contribution in [0, 0.1) is 0 Å². The molecule has 0 atom stereocenters. The van der Waals surface area contributed by atoms with Gasteiger partial charge >= 0.3 is 0 Å². The Balaban J connectivity index is 1.47. The molecule has 0 aliphatic carbocycles. The summed E-state index contributed by atoms with van der Waals surface area (Å²) in [5, 5.41) is 19.8. The van der Waals surface area contributed by atoms with Crippen molar-refractivity contribution in [3.05, 3.63) is 150 Å². The predicted molar refractivity (Wildman–Crippen MR) is 165 cm³/mol. The fourth-order valence-corrected chi connectivity index (χ4v) is 5.77. The van der Waals surface area contributed by atoms with Gasteiger partial charge in [-0.15, -0.1) is 15.0 Å². The van der Waals surface area contributed by atoms with Crippen LogP contribution in [0.1, 0.15) is 16.7 Å². The summed E-state index contributed by atoms with van der Waals surface area (Å²) in [6.07, 6.45) is 3.48. The van der Waals surface area contributed by atoms with E-state index in [1.165, 1.54) is 0 Å². The van der Waals surface area contributed by atoms with Gasteiger partial charge in [-0.3, -0.25) is 4.68 Å². The third-order valence-corrected chi connectivity index (χ3v) is 7.76. The largest absolute Gasteiger partial charge is 0.268 e. The fourth-order valence-electron chi connectivity index (χ4n) is 5.77. The highest BCUT2D eigenvalue weighted by atomic mass is 16.1. The molecule has 0 amide bonds. The summed E-state index contributed by atoms with van der Waals surface area (Å²) < 4.78 is 1.84. The van der Waals surface area contributed by atoms with Crippen LogP contribution < -0.4 is 0 Å². The zero-order valence-electron chi connectivity index (χ0n) is 23.2. The number of aryl methyl sites for hydroxylation is 1. The van der Waals surface area contributed by atoms with Crippen molar-refractivity contribution in [2.24, 2.45) is 12.0 Å². The molecule has 0 saturated carbocycles. The molecule has 7 aromatic rings. The van der Waals surface area contributed by atoms with Crippen molar-refractivity contribution in [1.82, 2.24) is 30.0 Å². The highest BCUT2D eigenvalue weighted by Crippen LogP contribution is 2.41. The van der Waals surface area contributed by atoms with Gasteiger partial charge in [-0.1, -0.05) is 103 Å². The Bertz CT molecular complexity index is 2000. The van der Waals surface area contributed by atoms with Gasteiger partial charge in [-0.25, -0.2) is 4.79 Å². The highest BCUT2D eigenvalue weighted by Gasteiger charge is 2.41. The number of benzene rings is 5. The van der Waals surface area contributed by atoms with Crippen LogP contribution in [0.5, 0.6) is 0 Å². The molecule has 0 radical (unpaired) electrons. The lowest BCUT2D eigenvalue weighted by atomic mass is 9.77. The third-order valence-electron chi connectivity index (χ3n) is 7.76. The number of tetrazole rings is 1. The van der Waals surface area contributed by atoms with E-state index >= 15 is 0 Å². The number of rotatable bonds is 7. The molecule has 43 heavy (non-hydrogen) atoms. The quantitative estimate of drug-likeness (QED) is 0.123. The van der Waals surface area contributed by atoms with E-state index in [1.54, 1.807) is 23.0 Å². The zero-order chi connectivity index (χ0) is 29.2. The number of carbonyl (C=O) groups excluding carboxylic acids is 1. The van der Waals surface area contributed by atoms with Gasteiger partial charge in [0.1, 0.15) is 0 Å². The predicted octanol–water partition coefficient (Wildman–Crippen LogP) is 6.70. The van der Waals surface area contributed by atoms with Crippen molar-refractivity contribution in [3.8, 4) is 22.5 Å². The van der Waals surface area contributed by atoms with E-state index in [4.69, 9.17) is 10.3 Å². The zero-order valence-corrected chi connectivity index (χ0v) is 23.2. The standard InChI is InChI=1S/C35H25N7O/c1-41-33-20-17-25(21-26(33)23-37-41)31-19-18-30(36-24-43)22-32(31)34-38-40-42(39-34)35(27-11-5-2-6-12-27,28-13-7-3-8-14-28)29-15-9-4-10-16-29/h2-23H,1H3. The lowest BCUT2D eigenvalue weighted by Crippen LogP contribution is -2.39. The van der Waals surface area contributed by atoms with Crippen LogP contribution in [0.15, 0.2) is 139 Å². The van der Waals surface area contributed by atoms with Gasteiger partial charge in [-0.05, 0) is 57.3 Å². The molecule has 7 rings (SSSR count). The Hall–Kier alpha value is -5.98. The third kappa shape index (κ3) is 4.43. The second-order valence-electron chi connectivity index (χ2n) is 10.2. The van der Waals surface area contributed by atoms with Crippen molar-refractivity contribution in [2.75, 3.05) is 0 Å². The van der Waals surface area contributed by atoms with E-state index in [1.807, 2.05) is 90.7 Å². The Kier molecular flexibility index (Phi) is 6.51. The average Bonchev–Trinajstić information content (AvgIpc) is 3.70. The smallest absolute Gasteiger partial charge is 0.240 e. The van der Waals surface area contributed by atoms with Gasteiger partial charge in [0.2, 0.25) is 11.9 Å². The average molecular weight is 560 g/mol. The number of hydrogen-bond donors (Lipinski definition) is 0. The molecule has 5 aromatic carbocycles. The highest BCUT2D eigenvalue weighted by molar-refractivity contribution is 5.89. The Labute approximate surface area is 247 Å². The summed E-state index contributed by atoms with van der Waals surface area (Å²) in [4.78, 5) is 16.7. The van der Waals surface area contributed by atoms with Crippen LogP contribution in [0.3, 0.4) is 0 Å². The van der Waals surface area contributed by atoms with Crippen molar-refractivity contribution >= 4 is 22.7 Å². The van der Waals surface area contributed by atoms with Gasteiger partial charge < -0.3 is 0 Å². The Morgan fingerprint density at radius 1 is 0.721 bits per heavy atom. The second kappa shape index (κ2) is 10.8. The molecule has 0 N–H and O–H groups in total. The van der Waals surface area contributed by atoms with E-state index < -0.39 is 5.54 Å². The molecule has 0 aliphatic rings. The Morgan fingerprint density at radius 3 is 1.95 bits per heavy atom. The van der Waals surface area contributed by atoms with Crippen molar-refractivity contribution in [2.45, 2.75) is 5.54 Å². The molecule has 0 aliphatic heterocycles. The van der Waals surface area contributed by atoms with Gasteiger partial charge in [0.25, 0.3) is 0 Å². The van der Waals surface area contributed by atoms with Crippen LogP contribution in [0.25, 0.3) is 33.4 Å². The van der Waals surface area contributed by atoms with Crippen LogP contribution in [0.4, 0.5) is 5.69 Å². The van der Waals surface area contributed by atoms with Crippen molar-refractivity contribution in [3.63, 3.8) is 0 Å². The molecule has 206 valence electrons. The second-order valence-corrected chi connectivity index (χ2v) is 10.2. The molecule has 2 heterocycles. The molecule has 0 saturated heterocycles. The van der Waals surface area contributed by atoms with E-state index in [2.05, 4.69) is 57.7 Å². The molecule has 8 nitrogen and oxygen atoms in total. The number of fused-ring (bicyclic) bond motifs is 1.